The number of aryl methyl sites for hydroxylation is 1. The largest absolute Gasteiger partial charge is 0.307 e. The van der Waals surface area contributed by atoms with E-state index in [4.69, 9.17) is 4.98 Å². The van der Waals surface area contributed by atoms with E-state index in [0.717, 1.165) is 22.5 Å². The number of imidazole rings is 1. The molecule has 27 heavy (non-hydrogen) atoms. The summed E-state index contributed by atoms with van der Waals surface area (Å²) in [6.07, 6.45) is 11.1. The standard InChI is InChI=1S/C17H15N9.H2S/c1-11(12-3-4-15-18-5-6-25(15)10-12)26-17-16(22-23-26)19-8-14(21-17)13-7-20-24(2)9-13;/h3-11H,1-2H3;1H2/t11-;/m0./s1. The first-order valence-corrected chi connectivity index (χ1v) is 8.18. The Hall–Kier alpha value is -3.27. The summed E-state index contributed by atoms with van der Waals surface area (Å²) in [5, 5.41) is 12.6. The number of hydrogen-bond acceptors (Lipinski definition) is 6. The van der Waals surface area contributed by atoms with Crippen molar-refractivity contribution in [3.05, 3.63) is 54.9 Å². The third kappa shape index (κ3) is 2.83. The Morgan fingerprint density at radius 3 is 2.78 bits per heavy atom. The van der Waals surface area contributed by atoms with E-state index in [1.54, 1.807) is 28.0 Å². The molecule has 0 unspecified atom stereocenters. The molecule has 0 aliphatic carbocycles. The summed E-state index contributed by atoms with van der Waals surface area (Å²) < 4.78 is 5.51. The van der Waals surface area contributed by atoms with Gasteiger partial charge in [-0.1, -0.05) is 11.3 Å². The molecule has 136 valence electrons. The number of nitrogens with zero attached hydrogens (tertiary/aromatic N) is 9. The first kappa shape index (κ1) is 17.2. The fourth-order valence-corrected chi connectivity index (χ4v) is 3.01. The van der Waals surface area contributed by atoms with Crippen molar-refractivity contribution < 1.29 is 0 Å². The molecule has 0 aliphatic heterocycles. The van der Waals surface area contributed by atoms with Crippen molar-refractivity contribution in [3.63, 3.8) is 0 Å². The Kier molecular flexibility index (Phi) is 4.11. The average Bonchev–Trinajstić information content (AvgIpc) is 3.38. The molecule has 0 saturated carbocycles. The lowest BCUT2D eigenvalue weighted by molar-refractivity contribution is 0.554. The summed E-state index contributed by atoms with van der Waals surface area (Å²) in [5.41, 5.74) is 4.80. The molecule has 0 fully saturated rings. The van der Waals surface area contributed by atoms with Crippen LogP contribution in [0.3, 0.4) is 0 Å². The molecular weight excluding hydrogens is 362 g/mol. The van der Waals surface area contributed by atoms with Gasteiger partial charge < -0.3 is 4.40 Å². The van der Waals surface area contributed by atoms with Crippen LogP contribution in [0.25, 0.3) is 28.2 Å². The Labute approximate surface area is 161 Å². The van der Waals surface area contributed by atoms with Crippen LogP contribution < -0.4 is 0 Å². The minimum atomic E-state index is -0.0507. The van der Waals surface area contributed by atoms with Crippen LogP contribution in [0.5, 0.6) is 0 Å². The van der Waals surface area contributed by atoms with E-state index in [2.05, 4.69) is 32.3 Å². The molecule has 5 rings (SSSR count). The van der Waals surface area contributed by atoms with Crippen LogP contribution in [0.15, 0.2) is 49.3 Å². The smallest absolute Gasteiger partial charge is 0.221 e. The minimum absolute atomic E-state index is 0. The molecule has 10 heteroatoms. The van der Waals surface area contributed by atoms with Crippen LogP contribution in [0.2, 0.25) is 0 Å². The van der Waals surface area contributed by atoms with E-state index in [9.17, 15) is 0 Å². The van der Waals surface area contributed by atoms with Crippen molar-refractivity contribution in [3.8, 4) is 11.3 Å². The highest BCUT2D eigenvalue weighted by Crippen LogP contribution is 2.23. The second kappa shape index (κ2) is 6.47. The van der Waals surface area contributed by atoms with Crippen molar-refractivity contribution in [2.75, 3.05) is 0 Å². The molecule has 5 heterocycles. The summed E-state index contributed by atoms with van der Waals surface area (Å²) in [5.74, 6) is 0. The van der Waals surface area contributed by atoms with Crippen molar-refractivity contribution >= 4 is 30.4 Å². The summed E-state index contributed by atoms with van der Waals surface area (Å²) in [6, 6.07) is 3.97. The maximum absolute atomic E-state index is 4.72. The monoisotopic (exact) mass is 379 g/mol. The van der Waals surface area contributed by atoms with Gasteiger partial charge in [-0.3, -0.25) is 4.68 Å². The van der Waals surface area contributed by atoms with E-state index in [1.165, 1.54) is 0 Å². The Balaban J connectivity index is 0.00000180. The van der Waals surface area contributed by atoms with Crippen molar-refractivity contribution in [1.82, 2.24) is 44.1 Å². The lowest BCUT2D eigenvalue weighted by atomic mass is 10.1. The van der Waals surface area contributed by atoms with E-state index >= 15 is 0 Å². The van der Waals surface area contributed by atoms with Crippen LogP contribution in [-0.4, -0.2) is 44.1 Å². The van der Waals surface area contributed by atoms with Gasteiger partial charge in [0.05, 0.1) is 24.1 Å². The van der Waals surface area contributed by atoms with Gasteiger partial charge in [-0.05, 0) is 18.6 Å². The molecule has 0 bridgehead atoms. The van der Waals surface area contributed by atoms with Gasteiger partial charge in [0.1, 0.15) is 5.65 Å². The van der Waals surface area contributed by atoms with Crippen LogP contribution in [0, 0.1) is 0 Å². The molecule has 0 aromatic carbocycles. The molecule has 0 radical (unpaired) electrons. The van der Waals surface area contributed by atoms with Crippen LogP contribution >= 0.6 is 13.5 Å². The number of aromatic nitrogens is 9. The molecule has 0 amide bonds. The highest BCUT2D eigenvalue weighted by molar-refractivity contribution is 7.59. The Morgan fingerprint density at radius 2 is 1.96 bits per heavy atom. The summed E-state index contributed by atoms with van der Waals surface area (Å²) in [6.45, 7) is 2.06. The molecule has 5 aromatic rings. The predicted octanol–water partition coefficient (Wildman–Crippen LogP) is 1.99. The highest BCUT2D eigenvalue weighted by atomic mass is 32.1. The molecule has 0 N–H and O–H groups in total. The third-order valence-corrected chi connectivity index (χ3v) is 4.45. The zero-order valence-corrected chi connectivity index (χ0v) is 15.7. The van der Waals surface area contributed by atoms with Gasteiger partial charge in [0.2, 0.25) is 5.65 Å². The van der Waals surface area contributed by atoms with E-state index in [0.29, 0.717) is 11.3 Å². The van der Waals surface area contributed by atoms with Crippen molar-refractivity contribution in [2.24, 2.45) is 7.05 Å². The normalized spacial score (nSPS) is 12.4. The Morgan fingerprint density at radius 1 is 1.07 bits per heavy atom. The molecule has 5 aromatic heterocycles. The average molecular weight is 379 g/mol. The van der Waals surface area contributed by atoms with Gasteiger partial charge >= 0.3 is 0 Å². The number of rotatable bonds is 3. The fourth-order valence-electron chi connectivity index (χ4n) is 3.01. The second-order valence-corrected chi connectivity index (χ2v) is 6.17. The predicted molar refractivity (Wildman–Crippen MR) is 105 cm³/mol. The SMILES string of the molecule is C[C@@H](c1ccc2nccn2c1)n1nnc2ncc(-c3cnn(C)c3)nc21.S. The van der Waals surface area contributed by atoms with Gasteiger partial charge in [0.15, 0.2) is 5.65 Å². The molecule has 0 spiro atoms. The van der Waals surface area contributed by atoms with E-state index < -0.39 is 0 Å². The first-order chi connectivity index (χ1) is 12.7. The van der Waals surface area contributed by atoms with Gasteiger partial charge in [-0.25, -0.2) is 19.6 Å². The topological polar surface area (TPSA) is 91.6 Å². The lowest BCUT2D eigenvalue weighted by Gasteiger charge is -2.12. The zero-order valence-electron chi connectivity index (χ0n) is 14.7. The molecule has 0 aliphatic rings. The maximum Gasteiger partial charge on any atom is 0.221 e. The lowest BCUT2D eigenvalue weighted by Crippen LogP contribution is -2.10. The van der Waals surface area contributed by atoms with Crippen LogP contribution in [0.4, 0.5) is 0 Å². The van der Waals surface area contributed by atoms with Gasteiger partial charge in [0.25, 0.3) is 0 Å². The second-order valence-electron chi connectivity index (χ2n) is 6.17. The van der Waals surface area contributed by atoms with Crippen molar-refractivity contribution in [2.45, 2.75) is 13.0 Å². The molecular formula is C17H17N9S. The summed E-state index contributed by atoms with van der Waals surface area (Å²) in [4.78, 5) is 13.4. The number of fused-ring (bicyclic) bond motifs is 2. The number of pyridine rings is 1. The zero-order chi connectivity index (χ0) is 17.7. The highest BCUT2D eigenvalue weighted by Gasteiger charge is 2.17. The molecule has 9 nitrogen and oxygen atoms in total. The van der Waals surface area contributed by atoms with Crippen molar-refractivity contribution in [1.29, 1.82) is 0 Å². The molecule has 0 saturated heterocycles. The minimum Gasteiger partial charge on any atom is -0.307 e. The first-order valence-electron chi connectivity index (χ1n) is 8.18. The van der Waals surface area contributed by atoms with Crippen LogP contribution in [0.1, 0.15) is 18.5 Å². The summed E-state index contributed by atoms with van der Waals surface area (Å²) in [7, 11) is 1.87. The summed E-state index contributed by atoms with van der Waals surface area (Å²) >= 11 is 0. The quantitative estimate of drug-likeness (QED) is 0.476. The van der Waals surface area contributed by atoms with Gasteiger partial charge in [-0.2, -0.15) is 18.6 Å². The van der Waals surface area contributed by atoms with Gasteiger partial charge in [-0.15, -0.1) is 5.10 Å². The van der Waals surface area contributed by atoms with Crippen LogP contribution in [-0.2, 0) is 7.05 Å². The third-order valence-electron chi connectivity index (χ3n) is 4.45. The molecule has 1 atom stereocenters. The Bertz CT molecular complexity index is 1240. The number of hydrogen-bond donors (Lipinski definition) is 0. The van der Waals surface area contributed by atoms with Gasteiger partial charge in [0, 0.05) is 37.4 Å². The maximum atomic E-state index is 4.72. The van der Waals surface area contributed by atoms with E-state index in [-0.39, 0.29) is 19.5 Å². The fraction of sp³-hybridized carbons (Fsp3) is 0.176. The van der Waals surface area contributed by atoms with E-state index in [1.807, 2.05) is 42.2 Å².